The molecule has 0 radical (unpaired) electrons. The number of fused-ring (bicyclic) bond motifs is 1. The monoisotopic (exact) mass is 205 g/mol. The third-order valence-electron chi connectivity index (χ3n) is 2.62. The van der Waals surface area contributed by atoms with Crippen molar-refractivity contribution in [1.29, 1.82) is 0 Å². The van der Waals surface area contributed by atoms with Gasteiger partial charge in [0.15, 0.2) is 0 Å². The van der Waals surface area contributed by atoms with Gasteiger partial charge in [0.05, 0.1) is 17.3 Å². The Hall–Kier alpha value is -1.55. The number of nitrogens with two attached hydrogens (primary N) is 1. The number of carbonyl (C=O) groups excluding carboxylic acids is 1. The Bertz CT molecular complexity index is 389. The number of rotatable bonds is 1. The lowest BCUT2D eigenvalue weighted by Crippen LogP contribution is -2.22. The van der Waals surface area contributed by atoms with Crippen molar-refractivity contribution >= 4 is 17.3 Å². The van der Waals surface area contributed by atoms with Crippen LogP contribution in [0.3, 0.4) is 0 Å². The maximum Gasteiger partial charge on any atom is 0.229 e. The van der Waals surface area contributed by atoms with E-state index in [1.807, 2.05) is 25.1 Å². The molecule has 0 aromatic heterocycles. The highest BCUT2D eigenvalue weighted by atomic mass is 16.1. The van der Waals surface area contributed by atoms with Gasteiger partial charge in [-0.05, 0) is 17.7 Å². The summed E-state index contributed by atoms with van der Waals surface area (Å²) in [5.74, 6) is 0.0362. The first-order valence-electron chi connectivity index (χ1n) is 5.08. The minimum atomic E-state index is -0.0151. The summed E-state index contributed by atoms with van der Waals surface area (Å²) < 4.78 is 0. The Morgan fingerprint density at radius 1 is 1.47 bits per heavy atom. The van der Waals surface area contributed by atoms with Gasteiger partial charge in [-0.25, -0.2) is 0 Å². The molecule has 80 valence electrons. The third kappa shape index (κ3) is 1.94. The molecule has 1 aromatic carbocycles. The molecule has 1 aliphatic heterocycles. The molecule has 1 unspecified atom stereocenters. The molecule has 4 nitrogen and oxygen atoms in total. The van der Waals surface area contributed by atoms with Crippen LogP contribution in [0.25, 0.3) is 0 Å². The summed E-state index contributed by atoms with van der Waals surface area (Å²) >= 11 is 0. The fourth-order valence-corrected chi connectivity index (χ4v) is 1.59. The van der Waals surface area contributed by atoms with E-state index >= 15 is 0 Å². The van der Waals surface area contributed by atoms with E-state index in [9.17, 15) is 4.79 Å². The summed E-state index contributed by atoms with van der Waals surface area (Å²) in [6.07, 6.45) is 0. The van der Waals surface area contributed by atoms with E-state index in [0.717, 1.165) is 16.9 Å². The normalized spacial score (nSPS) is 19.9. The molecule has 1 amide bonds. The molecule has 0 saturated carbocycles. The summed E-state index contributed by atoms with van der Waals surface area (Å²) in [6.45, 7) is 3.05. The first-order valence-corrected chi connectivity index (χ1v) is 5.08. The molecule has 1 aliphatic rings. The van der Waals surface area contributed by atoms with Crippen LogP contribution in [0, 0.1) is 5.92 Å². The molecular formula is C11H15N3O. The van der Waals surface area contributed by atoms with E-state index in [0.29, 0.717) is 13.1 Å². The van der Waals surface area contributed by atoms with Crippen LogP contribution in [0.15, 0.2) is 18.2 Å². The van der Waals surface area contributed by atoms with E-state index < -0.39 is 0 Å². The van der Waals surface area contributed by atoms with Gasteiger partial charge in [-0.2, -0.15) is 0 Å². The number of hydrogen-bond acceptors (Lipinski definition) is 3. The van der Waals surface area contributed by atoms with Gasteiger partial charge < -0.3 is 16.4 Å². The van der Waals surface area contributed by atoms with Crippen molar-refractivity contribution < 1.29 is 4.79 Å². The fraction of sp³-hybridized carbons (Fsp3) is 0.364. The predicted molar refractivity (Wildman–Crippen MR) is 60.6 cm³/mol. The zero-order valence-corrected chi connectivity index (χ0v) is 8.71. The standard InChI is InChI=1S/C11H15N3O/c1-7-6-13-9-3-2-8(5-12)4-10(9)14-11(7)15/h2-4,7,13H,5-6,12H2,1H3,(H,14,15). The molecule has 0 fully saturated rings. The second-order valence-electron chi connectivity index (χ2n) is 3.86. The maximum absolute atomic E-state index is 11.6. The number of carbonyl (C=O) groups is 1. The van der Waals surface area contributed by atoms with Crippen molar-refractivity contribution in [3.63, 3.8) is 0 Å². The van der Waals surface area contributed by atoms with E-state index in [1.165, 1.54) is 0 Å². The van der Waals surface area contributed by atoms with Crippen molar-refractivity contribution in [2.24, 2.45) is 11.7 Å². The van der Waals surface area contributed by atoms with Crippen LogP contribution in [-0.4, -0.2) is 12.5 Å². The largest absolute Gasteiger partial charge is 0.383 e. The summed E-state index contributed by atoms with van der Waals surface area (Å²) in [5, 5.41) is 6.12. The fourth-order valence-electron chi connectivity index (χ4n) is 1.59. The quantitative estimate of drug-likeness (QED) is 0.644. The van der Waals surface area contributed by atoms with Gasteiger partial charge in [-0.3, -0.25) is 4.79 Å². The molecule has 0 spiro atoms. The van der Waals surface area contributed by atoms with Gasteiger partial charge in [-0.1, -0.05) is 13.0 Å². The Balaban J connectivity index is 2.35. The molecule has 2 rings (SSSR count). The van der Waals surface area contributed by atoms with Gasteiger partial charge in [-0.15, -0.1) is 0 Å². The molecule has 4 N–H and O–H groups in total. The Morgan fingerprint density at radius 2 is 2.27 bits per heavy atom. The van der Waals surface area contributed by atoms with Crippen molar-refractivity contribution in [1.82, 2.24) is 0 Å². The topological polar surface area (TPSA) is 67.2 Å². The lowest BCUT2D eigenvalue weighted by atomic mass is 10.1. The summed E-state index contributed by atoms with van der Waals surface area (Å²) in [6, 6.07) is 5.84. The second-order valence-corrected chi connectivity index (χ2v) is 3.86. The van der Waals surface area contributed by atoms with Crippen molar-refractivity contribution in [2.45, 2.75) is 13.5 Å². The Kier molecular flexibility index (Phi) is 2.60. The smallest absolute Gasteiger partial charge is 0.229 e. The van der Waals surface area contributed by atoms with Gasteiger partial charge in [0.1, 0.15) is 0 Å². The number of nitrogens with one attached hydrogen (secondary N) is 2. The second kappa shape index (κ2) is 3.90. The van der Waals surface area contributed by atoms with Crippen LogP contribution < -0.4 is 16.4 Å². The lowest BCUT2D eigenvalue weighted by Gasteiger charge is -2.08. The molecule has 0 bridgehead atoms. The Labute approximate surface area is 88.9 Å². The van der Waals surface area contributed by atoms with Crippen LogP contribution in [-0.2, 0) is 11.3 Å². The first kappa shape index (κ1) is 9.98. The van der Waals surface area contributed by atoms with Gasteiger partial charge in [0.25, 0.3) is 0 Å². The van der Waals surface area contributed by atoms with Crippen LogP contribution >= 0.6 is 0 Å². The van der Waals surface area contributed by atoms with E-state index in [2.05, 4.69) is 10.6 Å². The first-order chi connectivity index (χ1) is 7.20. The maximum atomic E-state index is 11.6. The van der Waals surface area contributed by atoms with E-state index in [1.54, 1.807) is 0 Å². The van der Waals surface area contributed by atoms with Crippen LogP contribution in [0.2, 0.25) is 0 Å². The zero-order chi connectivity index (χ0) is 10.8. The molecule has 15 heavy (non-hydrogen) atoms. The van der Waals surface area contributed by atoms with Crippen LogP contribution in [0.4, 0.5) is 11.4 Å². The average molecular weight is 205 g/mol. The average Bonchev–Trinajstić information content (AvgIpc) is 2.39. The summed E-state index contributed by atoms with van der Waals surface area (Å²) in [7, 11) is 0. The van der Waals surface area contributed by atoms with E-state index in [4.69, 9.17) is 5.73 Å². The minimum absolute atomic E-state index is 0.0151. The highest BCUT2D eigenvalue weighted by molar-refractivity contribution is 5.97. The van der Waals surface area contributed by atoms with Gasteiger partial charge in [0.2, 0.25) is 5.91 Å². The molecule has 0 aliphatic carbocycles. The third-order valence-corrected chi connectivity index (χ3v) is 2.62. The number of amides is 1. The highest BCUT2D eigenvalue weighted by Crippen LogP contribution is 2.26. The van der Waals surface area contributed by atoms with Gasteiger partial charge in [0, 0.05) is 13.1 Å². The van der Waals surface area contributed by atoms with E-state index in [-0.39, 0.29) is 11.8 Å². The minimum Gasteiger partial charge on any atom is -0.383 e. The number of benzene rings is 1. The molecule has 1 aromatic rings. The predicted octanol–water partition coefficient (Wildman–Crippen LogP) is 1.15. The molecule has 1 atom stereocenters. The molecule has 1 heterocycles. The number of anilines is 2. The van der Waals surface area contributed by atoms with Crippen molar-refractivity contribution in [3.8, 4) is 0 Å². The summed E-state index contributed by atoms with van der Waals surface area (Å²) in [4.78, 5) is 11.6. The lowest BCUT2D eigenvalue weighted by molar-refractivity contribution is -0.118. The van der Waals surface area contributed by atoms with Crippen molar-refractivity contribution in [2.75, 3.05) is 17.2 Å². The number of hydrogen-bond donors (Lipinski definition) is 3. The van der Waals surface area contributed by atoms with Crippen LogP contribution in [0.5, 0.6) is 0 Å². The zero-order valence-electron chi connectivity index (χ0n) is 8.71. The molecule has 4 heteroatoms. The summed E-state index contributed by atoms with van der Waals surface area (Å²) in [5.41, 5.74) is 8.36. The highest BCUT2D eigenvalue weighted by Gasteiger charge is 2.18. The van der Waals surface area contributed by atoms with Crippen LogP contribution in [0.1, 0.15) is 12.5 Å². The molecule has 0 saturated heterocycles. The Morgan fingerprint density at radius 3 is 3.00 bits per heavy atom. The van der Waals surface area contributed by atoms with Crippen molar-refractivity contribution in [3.05, 3.63) is 23.8 Å². The molecular weight excluding hydrogens is 190 g/mol. The van der Waals surface area contributed by atoms with Gasteiger partial charge >= 0.3 is 0 Å². The SMILES string of the molecule is CC1CNc2ccc(CN)cc2NC1=O.